The summed E-state index contributed by atoms with van der Waals surface area (Å²) < 4.78 is 10.8. The molecule has 19 heavy (non-hydrogen) atoms. The maximum atomic E-state index is 10.6. The minimum absolute atomic E-state index is 0.110. The van der Waals surface area contributed by atoms with Crippen LogP contribution in [0.25, 0.3) is 0 Å². The van der Waals surface area contributed by atoms with E-state index in [1.807, 2.05) is 0 Å². The summed E-state index contributed by atoms with van der Waals surface area (Å²) >= 11 is 0. The number of nitrogens with zero attached hydrogens (tertiary/aromatic N) is 1. The van der Waals surface area contributed by atoms with Crippen molar-refractivity contribution < 1.29 is 24.5 Å². The molecule has 1 aromatic rings. The average Bonchev–Trinajstić information content (AvgIpc) is 2.37. The molecule has 1 aliphatic heterocycles. The Hall–Kier alpha value is -1.79. The molecule has 0 saturated heterocycles. The molecular formula is C13H17NO5. The summed E-state index contributed by atoms with van der Waals surface area (Å²) in [5, 5.41) is 18.7. The van der Waals surface area contributed by atoms with E-state index >= 15 is 0 Å². The first-order valence-corrected chi connectivity index (χ1v) is 6.04. The zero-order valence-electron chi connectivity index (χ0n) is 10.7. The first-order valence-electron chi connectivity index (χ1n) is 6.04. The SMILES string of the molecule is CN(CC(=O)O)CC(O)c1ccc2c(c1)OCCO2. The molecule has 0 bridgehead atoms. The van der Waals surface area contributed by atoms with Gasteiger partial charge in [0.25, 0.3) is 0 Å². The van der Waals surface area contributed by atoms with Gasteiger partial charge in [-0.05, 0) is 24.7 Å². The third kappa shape index (κ3) is 3.59. The van der Waals surface area contributed by atoms with Crippen LogP contribution in [0.4, 0.5) is 0 Å². The molecule has 6 nitrogen and oxygen atoms in total. The average molecular weight is 267 g/mol. The van der Waals surface area contributed by atoms with Gasteiger partial charge in [0.05, 0.1) is 12.6 Å². The number of rotatable bonds is 5. The normalized spacial score (nSPS) is 15.3. The van der Waals surface area contributed by atoms with Crippen LogP contribution in [0.1, 0.15) is 11.7 Å². The fourth-order valence-electron chi connectivity index (χ4n) is 1.96. The topological polar surface area (TPSA) is 79.2 Å². The Morgan fingerprint density at radius 1 is 1.37 bits per heavy atom. The van der Waals surface area contributed by atoms with E-state index in [0.29, 0.717) is 30.3 Å². The Morgan fingerprint density at radius 2 is 2.05 bits per heavy atom. The summed E-state index contributed by atoms with van der Waals surface area (Å²) in [5.74, 6) is 0.363. The first kappa shape index (κ1) is 13.6. The lowest BCUT2D eigenvalue weighted by atomic mass is 10.1. The van der Waals surface area contributed by atoms with Gasteiger partial charge >= 0.3 is 5.97 Å². The van der Waals surface area contributed by atoms with Gasteiger partial charge in [-0.1, -0.05) is 6.07 Å². The second-order valence-corrected chi connectivity index (χ2v) is 4.51. The lowest BCUT2D eigenvalue weighted by molar-refractivity contribution is -0.138. The number of aliphatic hydroxyl groups excluding tert-OH is 1. The number of hydrogen-bond acceptors (Lipinski definition) is 5. The number of carboxylic acid groups (broad SMARTS) is 1. The molecule has 0 radical (unpaired) electrons. The van der Waals surface area contributed by atoms with Gasteiger partial charge in [-0.25, -0.2) is 0 Å². The van der Waals surface area contributed by atoms with Crippen molar-refractivity contribution in [3.63, 3.8) is 0 Å². The minimum atomic E-state index is -0.920. The fourth-order valence-corrected chi connectivity index (χ4v) is 1.96. The summed E-state index contributed by atoms with van der Waals surface area (Å²) in [6.07, 6.45) is -0.764. The van der Waals surface area contributed by atoms with Gasteiger partial charge in [0, 0.05) is 6.54 Å². The van der Waals surface area contributed by atoms with Gasteiger partial charge in [0.15, 0.2) is 11.5 Å². The molecule has 2 rings (SSSR count). The number of fused-ring (bicyclic) bond motifs is 1. The van der Waals surface area contributed by atoms with Crippen LogP contribution in [-0.2, 0) is 4.79 Å². The molecule has 0 spiro atoms. The zero-order chi connectivity index (χ0) is 13.8. The third-order valence-corrected chi connectivity index (χ3v) is 2.84. The molecule has 2 N–H and O–H groups in total. The molecule has 1 aromatic carbocycles. The van der Waals surface area contributed by atoms with Crippen LogP contribution in [0.15, 0.2) is 18.2 Å². The summed E-state index contributed by atoms with van der Waals surface area (Å²) in [6.45, 7) is 1.15. The van der Waals surface area contributed by atoms with Gasteiger partial charge in [-0.15, -0.1) is 0 Å². The van der Waals surface area contributed by atoms with Crippen molar-refractivity contribution in [3.8, 4) is 11.5 Å². The second-order valence-electron chi connectivity index (χ2n) is 4.51. The summed E-state index contributed by atoms with van der Waals surface area (Å²) in [4.78, 5) is 12.1. The largest absolute Gasteiger partial charge is 0.486 e. The van der Waals surface area contributed by atoms with Crippen LogP contribution < -0.4 is 9.47 Å². The highest BCUT2D eigenvalue weighted by atomic mass is 16.6. The predicted octanol–water partition coefficient (Wildman–Crippen LogP) is 0.508. The Labute approximate surface area is 111 Å². The number of carboxylic acids is 1. The van der Waals surface area contributed by atoms with E-state index < -0.39 is 12.1 Å². The van der Waals surface area contributed by atoms with Crippen molar-refractivity contribution in [2.75, 3.05) is 33.4 Å². The Balaban J connectivity index is 2.02. The first-order chi connectivity index (χ1) is 9.06. The zero-order valence-corrected chi connectivity index (χ0v) is 10.7. The van der Waals surface area contributed by atoms with E-state index in [-0.39, 0.29) is 13.1 Å². The molecule has 0 fully saturated rings. The van der Waals surface area contributed by atoms with E-state index in [1.54, 1.807) is 30.1 Å². The maximum absolute atomic E-state index is 10.6. The number of carbonyl (C=O) groups is 1. The lowest BCUT2D eigenvalue weighted by Gasteiger charge is -2.22. The van der Waals surface area contributed by atoms with Gasteiger partial charge < -0.3 is 19.7 Å². The van der Waals surface area contributed by atoms with E-state index in [9.17, 15) is 9.90 Å². The quantitative estimate of drug-likeness (QED) is 0.809. The van der Waals surface area contributed by atoms with Crippen molar-refractivity contribution in [2.45, 2.75) is 6.10 Å². The molecule has 1 heterocycles. The number of aliphatic carboxylic acids is 1. The molecule has 6 heteroatoms. The van der Waals surface area contributed by atoms with Gasteiger partial charge in [0.1, 0.15) is 13.2 Å². The smallest absolute Gasteiger partial charge is 0.317 e. The van der Waals surface area contributed by atoms with Crippen LogP contribution in [-0.4, -0.2) is 54.4 Å². The maximum Gasteiger partial charge on any atom is 0.317 e. The number of aliphatic hydroxyl groups is 1. The van der Waals surface area contributed by atoms with Crippen molar-refractivity contribution in [1.82, 2.24) is 4.90 Å². The van der Waals surface area contributed by atoms with Gasteiger partial charge in [-0.2, -0.15) is 0 Å². The third-order valence-electron chi connectivity index (χ3n) is 2.84. The van der Waals surface area contributed by atoms with Gasteiger partial charge in [-0.3, -0.25) is 9.69 Å². The summed E-state index contributed by atoms with van der Waals surface area (Å²) in [6, 6.07) is 5.24. The molecular weight excluding hydrogens is 250 g/mol. The second kappa shape index (κ2) is 5.90. The van der Waals surface area contributed by atoms with Crippen molar-refractivity contribution in [3.05, 3.63) is 23.8 Å². The standard InChI is InChI=1S/C13H17NO5/c1-14(8-13(16)17)7-10(15)9-2-3-11-12(6-9)19-5-4-18-11/h2-3,6,10,15H,4-5,7-8H2,1H3,(H,16,17). The Bertz CT molecular complexity index is 462. The van der Waals surface area contributed by atoms with Crippen LogP contribution in [0, 0.1) is 0 Å². The number of likely N-dealkylation sites (N-methyl/N-ethyl adjacent to an activating group) is 1. The minimum Gasteiger partial charge on any atom is -0.486 e. The number of ether oxygens (including phenoxy) is 2. The van der Waals surface area contributed by atoms with Crippen molar-refractivity contribution in [2.24, 2.45) is 0 Å². The van der Waals surface area contributed by atoms with Crippen LogP contribution in [0.2, 0.25) is 0 Å². The summed E-state index contributed by atoms with van der Waals surface area (Å²) in [5.41, 5.74) is 0.682. The Morgan fingerprint density at radius 3 is 2.74 bits per heavy atom. The van der Waals surface area contributed by atoms with E-state index in [2.05, 4.69) is 0 Å². The molecule has 0 aromatic heterocycles. The van der Waals surface area contributed by atoms with Crippen LogP contribution >= 0.6 is 0 Å². The number of benzene rings is 1. The monoisotopic (exact) mass is 267 g/mol. The number of hydrogen-bond donors (Lipinski definition) is 2. The predicted molar refractivity (Wildman–Crippen MR) is 67.5 cm³/mol. The van der Waals surface area contributed by atoms with Crippen LogP contribution in [0.3, 0.4) is 0 Å². The van der Waals surface area contributed by atoms with E-state index in [1.165, 1.54) is 0 Å². The molecule has 1 unspecified atom stereocenters. The highest BCUT2D eigenvalue weighted by Gasteiger charge is 2.17. The molecule has 1 atom stereocenters. The Kier molecular flexibility index (Phi) is 4.24. The van der Waals surface area contributed by atoms with Crippen molar-refractivity contribution in [1.29, 1.82) is 0 Å². The van der Waals surface area contributed by atoms with E-state index in [0.717, 1.165) is 0 Å². The molecule has 0 amide bonds. The highest BCUT2D eigenvalue weighted by Crippen LogP contribution is 2.32. The molecule has 0 saturated carbocycles. The van der Waals surface area contributed by atoms with Crippen molar-refractivity contribution >= 4 is 5.97 Å². The molecule has 104 valence electrons. The fraction of sp³-hybridized carbons (Fsp3) is 0.462. The highest BCUT2D eigenvalue weighted by molar-refractivity contribution is 5.69. The van der Waals surface area contributed by atoms with Gasteiger partial charge in [0.2, 0.25) is 0 Å². The summed E-state index contributed by atoms with van der Waals surface area (Å²) in [7, 11) is 1.65. The molecule has 1 aliphatic rings. The lowest BCUT2D eigenvalue weighted by Crippen LogP contribution is -2.30. The molecule has 0 aliphatic carbocycles. The van der Waals surface area contributed by atoms with E-state index in [4.69, 9.17) is 14.6 Å². The van der Waals surface area contributed by atoms with Crippen LogP contribution in [0.5, 0.6) is 11.5 Å².